The third kappa shape index (κ3) is 6.38. The lowest BCUT2D eigenvalue weighted by Gasteiger charge is -2.58. The van der Waals surface area contributed by atoms with Gasteiger partial charge in [0.15, 0.2) is 0 Å². The van der Waals surface area contributed by atoms with Gasteiger partial charge in [-0.1, -0.05) is 132 Å². The maximum atomic E-state index is 13.7. The zero-order valence-corrected chi connectivity index (χ0v) is 27.7. The molecule has 0 heterocycles. The number of hydrogen-bond donors (Lipinski definition) is 0. The molecule has 0 radical (unpaired) electrons. The summed E-state index contributed by atoms with van der Waals surface area (Å²) in [5.41, 5.74) is 4.99. The number of fused-ring (bicyclic) bond motifs is 5. The maximum Gasteiger partial charge on any atom is 0.339 e. The molecule has 3 saturated carbocycles. The minimum absolute atomic E-state index is 0.0386. The summed E-state index contributed by atoms with van der Waals surface area (Å²) in [5.74, 6) is 3.28. The van der Waals surface area contributed by atoms with Crippen LogP contribution in [0.1, 0.15) is 128 Å². The Balaban J connectivity index is 1.11. The van der Waals surface area contributed by atoms with Crippen LogP contribution < -0.4 is 0 Å². The Morgan fingerprint density at radius 3 is 2.34 bits per heavy atom. The van der Waals surface area contributed by atoms with Gasteiger partial charge >= 0.3 is 5.97 Å². The van der Waals surface area contributed by atoms with Crippen molar-refractivity contribution in [2.75, 3.05) is 0 Å². The van der Waals surface area contributed by atoms with Crippen LogP contribution in [0.25, 0.3) is 11.6 Å². The predicted molar refractivity (Wildman–Crippen MR) is 184 cm³/mol. The lowest BCUT2D eigenvalue weighted by atomic mass is 9.47. The molecule has 4 aliphatic rings. The molecule has 0 aliphatic heterocycles. The predicted octanol–water partition coefficient (Wildman–Crippen LogP) is 11.5. The van der Waals surface area contributed by atoms with Gasteiger partial charge in [0.1, 0.15) is 6.10 Å². The van der Waals surface area contributed by atoms with Crippen molar-refractivity contribution >= 4 is 17.6 Å². The van der Waals surface area contributed by atoms with Crippen molar-refractivity contribution < 1.29 is 9.53 Å². The quantitative estimate of drug-likeness (QED) is 0.0853. The number of esters is 1. The first kappa shape index (κ1) is 31.4. The second-order valence-corrected chi connectivity index (χ2v) is 15.2. The molecule has 2 heteroatoms. The summed E-state index contributed by atoms with van der Waals surface area (Å²) in [7, 11) is 0. The summed E-state index contributed by atoms with van der Waals surface area (Å²) in [5, 5.41) is 0. The molecular weight excluding hydrogens is 536 g/mol. The molecule has 44 heavy (non-hydrogen) atoms. The summed E-state index contributed by atoms with van der Waals surface area (Å²) in [6, 6.07) is 20.1. The first-order valence-electron chi connectivity index (χ1n) is 18.1. The zero-order chi connectivity index (χ0) is 30.6. The van der Waals surface area contributed by atoms with Crippen molar-refractivity contribution in [1.82, 2.24) is 0 Å². The Morgan fingerprint density at radius 1 is 0.841 bits per heavy atom. The number of unbranched alkanes of at least 4 members (excludes halogenated alkanes) is 5. The average molecular weight is 593 g/mol. The highest BCUT2D eigenvalue weighted by Crippen LogP contribution is 2.66. The molecule has 2 nitrogen and oxygen atoms in total. The van der Waals surface area contributed by atoms with Crippen molar-refractivity contribution in [1.29, 1.82) is 0 Å². The second-order valence-electron chi connectivity index (χ2n) is 15.2. The Hall–Kier alpha value is -2.61. The Labute approximate surface area is 267 Å². The smallest absolute Gasteiger partial charge is 0.339 e. The van der Waals surface area contributed by atoms with Gasteiger partial charge in [0.05, 0.1) is 5.57 Å². The number of rotatable bonds is 11. The lowest BCUT2D eigenvalue weighted by Crippen LogP contribution is -2.50. The van der Waals surface area contributed by atoms with Crippen molar-refractivity contribution in [2.45, 2.75) is 123 Å². The van der Waals surface area contributed by atoms with Crippen LogP contribution >= 0.6 is 0 Å². The Kier molecular flexibility index (Phi) is 9.84. The highest BCUT2D eigenvalue weighted by atomic mass is 16.5. The first-order valence-corrected chi connectivity index (χ1v) is 18.1. The van der Waals surface area contributed by atoms with E-state index in [1.807, 2.05) is 66.7 Å². The molecule has 0 N–H and O–H groups in total. The summed E-state index contributed by atoms with van der Waals surface area (Å²) < 4.78 is 6.33. The number of benzene rings is 2. The van der Waals surface area contributed by atoms with E-state index in [2.05, 4.69) is 26.8 Å². The minimum Gasteiger partial charge on any atom is -0.458 e. The molecule has 2 aromatic rings. The molecule has 0 unspecified atom stereocenters. The molecule has 0 aromatic heterocycles. The van der Waals surface area contributed by atoms with Gasteiger partial charge in [0.25, 0.3) is 0 Å². The lowest BCUT2D eigenvalue weighted by molar-refractivity contribution is -0.144. The monoisotopic (exact) mass is 592 g/mol. The summed E-state index contributed by atoms with van der Waals surface area (Å²) in [4.78, 5) is 13.7. The Morgan fingerprint density at radius 2 is 1.57 bits per heavy atom. The van der Waals surface area contributed by atoms with Crippen molar-refractivity contribution in [2.24, 2.45) is 34.5 Å². The highest BCUT2D eigenvalue weighted by molar-refractivity contribution is 6.21. The second kappa shape index (κ2) is 13.8. The number of carbonyl (C=O) groups excluding carboxylic acids is 1. The standard InChI is InChI=1S/C42H56O2/c1-4-5-6-7-8-15-20-33-22-24-38-36-23-21-34-30-35(25-27-42(34,3)39(36)26-28-41(33,38)2)44-40(43)37(32-18-13-10-14-19-32)29-31-16-11-9-12-17-31/h9-14,16-19,21,29,33,35-36,38-39H,4-8,15,20,22-28,30H2,1-3H3/b37-29+/t33-,35+,36+,38-,39+,41-,42+/m1/s1. The molecule has 236 valence electrons. The highest BCUT2D eigenvalue weighted by Gasteiger charge is 2.58. The minimum atomic E-state index is -0.196. The van der Waals surface area contributed by atoms with E-state index in [0.29, 0.717) is 11.0 Å². The van der Waals surface area contributed by atoms with Crippen molar-refractivity contribution in [3.05, 3.63) is 83.4 Å². The van der Waals surface area contributed by atoms with Gasteiger partial charge in [0.2, 0.25) is 0 Å². The number of ether oxygens (including phenoxy) is 1. The van der Waals surface area contributed by atoms with Crippen LogP contribution in [0.2, 0.25) is 0 Å². The molecule has 7 atom stereocenters. The van der Waals surface area contributed by atoms with E-state index in [4.69, 9.17) is 4.74 Å². The third-order valence-corrected chi connectivity index (χ3v) is 12.9. The molecule has 0 saturated heterocycles. The van der Waals surface area contributed by atoms with E-state index in [0.717, 1.165) is 54.1 Å². The van der Waals surface area contributed by atoms with Gasteiger partial charge in [-0.15, -0.1) is 0 Å². The summed E-state index contributed by atoms with van der Waals surface area (Å²) >= 11 is 0. The van der Waals surface area contributed by atoms with Gasteiger partial charge in [-0.3, -0.25) is 0 Å². The van der Waals surface area contributed by atoms with Crippen LogP contribution in [0, 0.1) is 34.5 Å². The summed E-state index contributed by atoms with van der Waals surface area (Å²) in [6.07, 6.45) is 24.5. The van der Waals surface area contributed by atoms with Crippen molar-refractivity contribution in [3.63, 3.8) is 0 Å². The van der Waals surface area contributed by atoms with Crippen LogP contribution in [0.5, 0.6) is 0 Å². The fraction of sp³-hybridized carbons (Fsp3) is 0.595. The average Bonchev–Trinajstić information content (AvgIpc) is 3.38. The van der Waals surface area contributed by atoms with Crippen LogP contribution in [-0.2, 0) is 9.53 Å². The SMILES string of the molecule is CCCCCCCC[C@@H]1CC[C@@H]2[C@@H]3CC=C4C[C@@H](OC(=O)/C(=C/c5ccccc5)c5ccccc5)CC[C@]4(C)[C@H]3CC[C@]12C. The fourth-order valence-electron chi connectivity index (χ4n) is 10.3. The molecule has 4 aliphatic carbocycles. The third-order valence-electron chi connectivity index (χ3n) is 12.9. The van der Waals surface area contributed by atoms with E-state index in [9.17, 15) is 4.79 Å². The van der Waals surface area contributed by atoms with E-state index < -0.39 is 0 Å². The Bertz CT molecular complexity index is 1310. The van der Waals surface area contributed by atoms with E-state index in [-0.39, 0.29) is 17.5 Å². The van der Waals surface area contributed by atoms with Gasteiger partial charge in [-0.05, 0) is 103 Å². The van der Waals surface area contributed by atoms with E-state index in [1.165, 1.54) is 77.0 Å². The number of hydrogen-bond acceptors (Lipinski definition) is 2. The number of carbonyl (C=O) groups is 1. The normalized spacial score (nSPS) is 33.1. The van der Waals surface area contributed by atoms with Gasteiger partial charge in [-0.25, -0.2) is 4.79 Å². The molecule has 6 rings (SSSR count). The van der Waals surface area contributed by atoms with Crippen LogP contribution in [0.3, 0.4) is 0 Å². The van der Waals surface area contributed by atoms with Crippen LogP contribution in [-0.4, -0.2) is 12.1 Å². The molecule has 0 amide bonds. The molecule has 2 aromatic carbocycles. The topological polar surface area (TPSA) is 26.3 Å². The van der Waals surface area contributed by atoms with Gasteiger partial charge < -0.3 is 4.74 Å². The zero-order valence-electron chi connectivity index (χ0n) is 27.7. The maximum absolute atomic E-state index is 13.7. The molecule has 0 spiro atoms. The molecule has 0 bridgehead atoms. The molecular formula is C42H56O2. The fourth-order valence-corrected chi connectivity index (χ4v) is 10.3. The van der Waals surface area contributed by atoms with E-state index in [1.54, 1.807) is 5.57 Å². The van der Waals surface area contributed by atoms with Gasteiger partial charge in [-0.2, -0.15) is 0 Å². The van der Waals surface area contributed by atoms with E-state index >= 15 is 0 Å². The number of allylic oxidation sites excluding steroid dienone is 1. The largest absolute Gasteiger partial charge is 0.458 e. The first-order chi connectivity index (χ1) is 21.4. The van der Waals surface area contributed by atoms with Crippen LogP contribution in [0.15, 0.2) is 72.3 Å². The summed E-state index contributed by atoms with van der Waals surface area (Å²) in [6.45, 7) is 7.57. The van der Waals surface area contributed by atoms with Crippen LogP contribution in [0.4, 0.5) is 0 Å². The van der Waals surface area contributed by atoms with Crippen molar-refractivity contribution in [3.8, 4) is 0 Å². The molecule has 3 fully saturated rings. The van der Waals surface area contributed by atoms with Gasteiger partial charge in [0, 0.05) is 6.42 Å².